The second kappa shape index (κ2) is 5.95. The zero-order valence-corrected chi connectivity index (χ0v) is 14.0. The van der Waals surface area contributed by atoms with Gasteiger partial charge in [0.15, 0.2) is 0 Å². The van der Waals surface area contributed by atoms with Crippen LogP contribution in [0.4, 0.5) is 4.39 Å². The Morgan fingerprint density at radius 2 is 1.90 bits per heavy atom. The van der Waals surface area contributed by atoms with Crippen molar-refractivity contribution in [1.29, 1.82) is 0 Å². The summed E-state index contributed by atoms with van der Waals surface area (Å²) >= 11 is 3.16. The van der Waals surface area contributed by atoms with Crippen LogP contribution in [0, 0.1) is 5.82 Å². The number of hydrogen-bond donors (Lipinski definition) is 0. The fourth-order valence-electron chi connectivity index (χ4n) is 3.16. The zero-order valence-electron chi connectivity index (χ0n) is 11.6. The maximum atomic E-state index is 13.1. The molecule has 1 aromatic carbocycles. The largest absolute Gasteiger partial charge is 0.299 e. The van der Waals surface area contributed by atoms with Crippen molar-refractivity contribution in [2.75, 3.05) is 26.2 Å². The summed E-state index contributed by atoms with van der Waals surface area (Å²) in [6.07, 6.45) is 3.28. The van der Waals surface area contributed by atoms with Gasteiger partial charge in [-0.15, -0.1) is 0 Å². The van der Waals surface area contributed by atoms with Gasteiger partial charge in [0.25, 0.3) is 0 Å². The van der Waals surface area contributed by atoms with Crippen molar-refractivity contribution in [3.63, 3.8) is 0 Å². The number of hydrogen-bond acceptors (Lipinski definition) is 3. The van der Waals surface area contributed by atoms with E-state index in [1.165, 1.54) is 35.3 Å². The van der Waals surface area contributed by atoms with Gasteiger partial charge in [0.1, 0.15) is 5.82 Å². The molecule has 1 atom stereocenters. The molecule has 2 saturated heterocycles. The van der Waals surface area contributed by atoms with E-state index in [2.05, 4.69) is 20.8 Å². The predicted molar refractivity (Wildman–Crippen MR) is 82.1 cm³/mol. The third kappa shape index (κ3) is 3.02. The van der Waals surface area contributed by atoms with E-state index in [9.17, 15) is 12.8 Å². The Balaban J connectivity index is 1.79. The lowest BCUT2D eigenvalue weighted by molar-refractivity contribution is 0.251. The molecule has 2 aliphatic rings. The van der Waals surface area contributed by atoms with Gasteiger partial charge in [-0.05, 0) is 66.5 Å². The van der Waals surface area contributed by atoms with Gasteiger partial charge < -0.3 is 0 Å². The highest BCUT2D eigenvalue weighted by Gasteiger charge is 2.36. The Bertz CT molecular complexity index is 632. The summed E-state index contributed by atoms with van der Waals surface area (Å²) in [4.78, 5) is 2.53. The lowest BCUT2D eigenvalue weighted by Crippen LogP contribution is -2.37. The summed E-state index contributed by atoms with van der Waals surface area (Å²) in [5.41, 5.74) is 0. The van der Waals surface area contributed by atoms with Gasteiger partial charge in [-0.2, -0.15) is 4.31 Å². The number of sulfonamides is 1. The van der Waals surface area contributed by atoms with Gasteiger partial charge in [0.05, 0.1) is 4.90 Å². The van der Waals surface area contributed by atoms with Crippen LogP contribution in [-0.2, 0) is 10.0 Å². The highest BCUT2D eigenvalue weighted by molar-refractivity contribution is 9.10. The Morgan fingerprint density at radius 3 is 2.57 bits per heavy atom. The molecule has 0 aromatic heterocycles. The summed E-state index contributed by atoms with van der Waals surface area (Å²) < 4.78 is 40.3. The Morgan fingerprint density at radius 1 is 1.19 bits per heavy atom. The fraction of sp³-hybridized carbons (Fsp3) is 0.571. The van der Waals surface area contributed by atoms with Crippen LogP contribution in [0.1, 0.15) is 19.3 Å². The van der Waals surface area contributed by atoms with Crippen LogP contribution in [0.25, 0.3) is 0 Å². The molecule has 1 unspecified atom stereocenters. The molecule has 0 spiro atoms. The summed E-state index contributed by atoms with van der Waals surface area (Å²) in [6.45, 7) is 3.21. The minimum Gasteiger partial charge on any atom is -0.299 e. The van der Waals surface area contributed by atoms with Gasteiger partial charge in [-0.3, -0.25) is 4.90 Å². The van der Waals surface area contributed by atoms with Crippen molar-refractivity contribution in [3.05, 3.63) is 28.5 Å². The van der Waals surface area contributed by atoms with E-state index in [0.29, 0.717) is 19.1 Å². The summed E-state index contributed by atoms with van der Waals surface area (Å²) in [6, 6.07) is 4.03. The number of likely N-dealkylation sites (tertiary alicyclic amines) is 1. The molecule has 3 rings (SSSR count). The molecule has 0 bridgehead atoms. The van der Waals surface area contributed by atoms with Crippen molar-refractivity contribution in [3.8, 4) is 0 Å². The van der Waals surface area contributed by atoms with Gasteiger partial charge in [0, 0.05) is 23.6 Å². The molecule has 0 aliphatic carbocycles. The number of benzene rings is 1. The lowest BCUT2D eigenvalue weighted by atomic mass is 10.2. The zero-order chi connectivity index (χ0) is 15.0. The maximum absolute atomic E-state index is 13.1. The van der Waals surface area contributed by atoms with Gasteiger partial charge >= 0.3 is 0 Å². The SMILES string of the molecule is O=S(=O)(c1ccc(F)cc1Br)N1CCC(N2CCCC2)C1. The molecule has 2 heterocycles. The molecule has 1 aromatic rings. The van der Waals surface area contributed by atoms with Crippen molar-refractivity contribution in [2.45, 2.75) is 30.2 Å². The van der Waals surface area contributed by atoms with Crippen LogP contribution in [0.3, 0.4) is 0 Å². The average molecular weight is 377 g/mol. The predicted octanol–water partition coefficient (Wildman–Crippen LogP) is 2.45. The van der Waals surface area contributed by atoms with Crippen molar-refractivity contribution >= 4 is 26.0 Å². The first kappa shape index (κ1) is 15.4. The highest BCUT2D eigenvalue weighted by Crippen LogP contribution is 2.29. The first-order chi connectivity index (χ1) is 9.98. The van der Waals surface area contributed by atoms with Crippen LogP contribution < -0.4 is 0 Å². The monoisotopic (exact) mass is 376 g/mol. The van der Waals surface area contributed by atoms with E-state index in [0.717, 1.165) is 19.5 Å². The lowest BCUT2D eigenvalue weighted by Gasteiger charge is -2.23. The van der Waals surface area contributed by atoms with Crippen molar-refractivity contribution in [2.24, 2.45) is 0 Å². The molecule has 7 heteroatoms. The molecule has 21 heavy (non-hydrogen) atoms. The van der Waals surface area contributed by atoms with Crippen LogP contribution in [0.5, 0.6) is 0 Å². The van der Waals surface area contributed by atoms with Crippen LogP contribution in [0.2, 0.25) is 0 Å². The molecule has 2 aliphatic heterocycles. The first-order valence-corrected chi connectivity index (χ1v) is 9.41. The van der Waals surface area contributed by atoms with Crippen LogP contribution in [-0.4, -0.2) is 49.8 Å². The third-order valence-corrected chi connectivity index (χ3v) is 7.14. The van der Waals surface area contributed by atoms with E-state index in [-0.39, 0.29) is 9.37 Å². The molecule has 0 radical (unpaired) electrons. The van der Waals surface area contributed by atoms with Gasteiger partial charge in [0.2, 0.25) is 10.0 Å². The minimum absolute atomic E-state index is 0.144. The van der Waals surface area contributed by atoms with Crippen LogP contribution >= 0.6 is 15.9 Å². The normalized spacial score (nSPS) is 24.8. The van der Waals surface area contributed by atoms with Crippen molar-refractivity contribution < 1.29 is 12.8 Å². The molecule has 2 fully saturated rings. The highest BCUT2D eigenvalue weighted by atomic mass is 79.9. The number of halogens is 2. The van der Waals surface area contributed by atoms with Gasteiger partial charge in [-0.1, -0.05) is 0 Å². The molecular formula is C14H18BrFN2O2S. The Kier molecular flexibility index (Phi) is 4.36. The molecule has 4 nitrogen and oxygen atoms in total. The standard InChI is InChI=1S/C14H18BrFN2O2S/c15-13-9-11(16)3-4-14(13)21(19,20)18-8-5-12(10-18)17-6-1-2-7-17/h3-4,9,12H,1-2,5-8,10H2. The van der Waals surface area contributed by atoms with E-state index in [1.807, 2.05) is 0 Å². The Hall–Kier alpha value is -0.500. The summed E-state index contributed by atoms with van der Waals surface area (Å²) in [5, 5.41) is 0. The second-order valence-corrected chi connectivity index (χ2v) is 8.38. The minimum atomic E-state index is -3.56. The van der Waals surface area contributed by atoms with Crippen LogP contribution in [0.15, 0.2) is 27.6 Å². The third-order valence-electron chi connectivity index (χ3n) is 4.29. The van der Waals surface area contributed by atoms with E-state index in [1.54, 1.807) is 0 Å². The number of nitrogens with zero attached hydrogens (tertiary/aromatic N) is 2. The topological polar surface area (TPSA) is 40.6 Å². The first-order valence-electron chi connectivity index (χ1n) is 7.18. The molecule has 0 saturated carbocycles. The molecule has 0 amide bonds. The van der Waals surface area contributed by atoms with Gasteiger partial charge in [-0.25, -0.2) is 12.8 Å². The van der Waals surface area contributed by atoms with E-state index >= 15 is 0 Å². The Labute approximate surface area is 133 Å². The molecular weight excluding hydrogens is 359 g/mol. The number of rotatable bonds is 3. The van der Waals surface area contributed by atoms with E-state index < -0.39 is 15.8 Å². The fourth-order valence-corrected chi connectivity index (χ4v) is 5.66. The quantitative estimate of drug-likeness (QED) is 0.813. The maximum Gasteiger partial charge on any atom is 0.244 e. The van der Waals surface area contributed by atoms with Crippen molar-refractivity contribution in [1.82, 2.24) is 9.21 Å². The smallest absolute Gasteiger partial charge is 0.244 e. The summed E-state index contributed by atoms with van der Waals surface area (Å²) in [5.74, 6) is -0.447. The molecule has 116 valence electrons. The molecule has 0 N–H and O–H groups in total. The van der Waals surface area contributed by atoms with E-state index in [4.69, 9.17) is 0 Å². The average Bonchev–Trinajstić information content (AvgIpc) is 3.09. The second-order valence-electron chi connectivity index (χ2n) is 5.62. The summed E-state index contributed by atoms with van der Waals surface area (Å²) in [7, 11) is -3.56.